The predicted molar refractivity (Wildman–Crippen MR) is 105 cm³/mol. The van der Waals surface area contributed by atoms with E-state index in [1.807, 2.05) is 34.6 Å². The van der Waals surface area contributed by atoms with E-state index in [4.69, 9.17) is 19.3 Å². The molecule has 0 saturated carbocycles. The van der Waals surface area contributed by atoms with Gasteiger partial charge in [-0.2, -0.15) is 0 Å². The minimum Gasteiger partial charge on any atom is -0.479 e. The van der Waals surface area contributed by atoms with E-state index < -0.39 is 36.7 Å². The van der Waals surface area contributed by atoms with E-state index in [-0.39, 0.29) is 11.6 Å². The van der Waals surface area contributed by atoms with E-state index in [0.29, 0.717) is 12.4 Å². The van der Waals surface area contributed by atoms with Gasteiger partial charge in [-0.05, 0) is 40.7 Å². The third-order valence-corrected chi connectivity index (χ3v) is 4.25. The van der Waals surface area contributed by atoms with Crippen LogP contribution in [0.15, 0.2) is 18.2 Å². The Kier molecular flexibility index (Phi) is 7.47. The lowest BCUT2D eigenvalue weighted by atomic mass is 9.99. The Labute approximate surface area is 170 Å². The van der Waals surface area contributed by atoms with Gasteiger partial charge in [0.1, 0.15) is 24.1 Å². The second-order valence-corrected chi connectivity index (χ2v) is 8.37. The van der Waals surface area contributed by atoms with Crippen LogP contribution in [0.5, 0.6) is 5.75 Å². The van der Waals surface area contributed by atoms with E-state index in [1.165, 1.54) is 0 Å². The molecular weight excluding hydrogens is 382 g/mol. The van der Waals surface area contributed by atoms with Crippen molar-refractivity contribution in [2.24, 2.45) is 0 Å². The highest BCUT2D eigenvalue weighted by molar-refractivity contribution is 5.73. The van der Waals surface area contributed by atoms with Crippen LogP contribution >= 0.6 is 0 Å². The highest BCUT2D eigenvalue weighted by atomic mass is 16.7. The summed E-state index contributed by atoms with van der Waals surface area (Å²) >= 11 is 0. The number of hydrogen-bond donors (Lipinski definition) is 5. The molecule has 0 amide bonds. The normalized spacial score (nSPS) is 27.7. The zero-order chi connectivity index (χ0) is 21.9. The number of rotatable bonds is 7. The van der Waals surface area contributed by atoms with Crippen LogP contribution < -0.4 is 10.1 Å². The van der Waals surface area contributed by atoms with Crippen molar-refractivity contribution >= 4 is 11.7 Å². The van der Waals surface area contributed by atoms with Crippen LogP contribution in [0.25, 0.3) is 0 Å². The van der Waals surface area contributed by atoms with Gasteiger partial charge in [-0.15, -0.1) is 0 Å². The van der Waals surface area contributed by atoms with Gasteiger partial charge in [-0.25, -0.2) is 4.79 Å². The van der Waals surface area contributed by atoms with E-state index >= 15 is 0 Å². The molecule has 5 N–H and O–H groups in total. The largest absolute Gasteiger partial charge is 0.479 e. The fourth-order valence-corrected chi connectivity index (χ4v) is 2.78. The zero-order valence-corrected chi connectivity index (χ0v) is 17.3. The van der Waals surface area contributed by atoms with Gasteiger partial charge < -0.3 is 40.0 Å². The van der Waals surface area contributed by atoms with Gasteiger partial charge in [0.25, 0.3) is 0 Å². The molecule has 9 heteroatoms. The average Bonchev–Trinajstić information content (AvgIpc) is 2.60. The molecule has 0 radical (unpaired) electrons. The molecule has 1 aromatic carbocycles. The van der Waals surface area contributed by atoms with Crippen molar-refractivity contribution in [1.29, 1.82) is 0 Å². The first-order chi connectivity index (χ1) is 13.4. The van der Waals surface area contributed by atoms with Crippen molar-refractivity contribution in [3.8, 4) is 5.75 Å². The molecule has 1 heterocycles. The Morgan fingerprint density at radius 3 is 2.38 bits per heavy atom. The fourth-order valence-electron chi connectivity index (χ4n) is 2.78. The molecule has 29 heavy (non-hydrogen) atoms. The van der Waals surface area contributed by atoms with Crippen LogP contribution in [0.2, 0.25) is 0 Å². The maximum atomic E-state index is 11.2. The Hall–Kier alpha value is -1.91. The summed E-state index contributed by atoms with van der Waals surface area (Å²) in [4.78, 5) is 11.2. The molecule has 1 aliphatic heterocycles. The van der Waals surface area contributed by atoms with Crippen LogP contribution in [-0.4, -0.2) is 68.7 Å². The van der Waals surface area contributed by atoms with E-state index in [9.17, 15) is 20.1 Å². The monoisotopic (exact) mass is 413 g/mol. The number of carbonyl (C=O) groups is 1. The number of ether oxygens (including phenoxy) is 3. The van der Waals surface area contributed by atoms with Crippen LogP contribution in [0.3, 0.4) is 0 Å². The maximum Gasteiger partial charge on any atom is 0.335 e. The van der Waals surface area contributed by atoms with Gasteiger partial charge in [-0.1, -0.05) is 6.07 Å². The number of aliphatic carboxylic acids is 1. The molecular formula is C20H31NO8. The van der Waals surface area contributed by atoms with Crippen molar-refractivity contribution in [3.05, 3.63) is 23.8 Å². The van der Waals surface area contributed by atoms with E-state index in [2.05, 4.69) is 5.32 Å². The Morgan fingerprint density at radius 2 is 1.83 bits per heavy atom. The molecule has 0 bridgehead atoms. The summed E-state index contributed by atoms with van der Waals surface area (Å²) in [6.45, 7) is 10.2. The molecule has 0 aromatic heterocycles. The van der Waals surface area contributed by atoms with E-state index in [1.54, 1.807) is 18.2 Å². The maximum absolute atomic E-state index is 11.2. The lowest BCUT2D eigenvalue weighted by Gasteiger charge is -2.38. The quantitative estimate of drug-likeness (QED) is 0.445. The van der Waals surface area contributed by atoms with E-state index in [0.717, 1.165) is 11.3 Å². The lowest BCUT2D eigenvalue weighted by molar-refractivity contribution is -0.271. The minimum atomic E-state index is -1.77. The highest BCUT2D eigenvalue weighted by Crippen LogP contribution is 2.29. The summed E-state index contributed by atoms with van der Waals surface area (Å²) in [7, 11) is 0. The number of nitrogens with one attached hydrogen (secondary N) is 1. The predicted octanol–water partition coefficient (Wildman–Crippen LogP) is 1.09. The smallest absolute Gasteiger partial charge is 0.335 e. The standard InChI is InChI=1S/C20H31NO8/c1-10(2)21-13-8-12(7-6-11(13)9-27-20(3,4)5)28-19-16(24)14(22)15(23)17(29-19)18(25)26/h6-8,10,14-17,19,21-24H,9H2,1-5H3,(H,25,26)/t14-,15-,16+,17-,19+/m0/s1. The number of anilines is 1. The van der Waals surface area contributed by atoms with Gasteiger partial charge in [0.2, 0.25) is 6.29 Å². The number of carboxylic acid groups (broad SMARTS) is 1. The highest BCUT2D eigenvalue weighted by Gasteiger charge is 2.48. The number of benzene rings is 1. The Balaban J connectivity index is 2.22. The van der Waals surface area contributed by atoms with Crippen LogP contribution in [0.4, 0.5) is 5.69 Å². The second kappa shape index (κ2) is 9.27. The Bertz CT molecular complexity index is 702. The first-order valence-corrected chi connectivity index (χ1v) is 9.51. The minimum absolute atomic E-state index is 0.128. The molecule has 1 aromatic rings. The number of aliphatic hydroxyl groups excluding tert-OH is 3. The summed E-state index contributed by atoms with van der Waals surface area (Å²) in [5.41, 5.74) is 1.33. The van der Waals surface area contributed by atoms with Crippen molar-refractivity contribution in [2.45, 2.75) is 83.6 Å². The van der Waals surface area contributed by atoms with Crippen molar-refractivity contribution in [3.63, 3.8) is 0 Å². The van der Waals surface area contributed by atoms with Gasteiger partial charge in [0.15, 0.2) is 6.10 Å². The molecule has 5 atom stereocenters. The molecule has 0 unspecified atom stereocenters. The van der Waals surface area contributed by atoms with Gasteiger partial charge in [0.05, 0.1) is 12.2 Å². The third-order valence-electron chi connectivity index (χ3n) is 4.25. The van der Waals surface area contributed by atoms with Crippen molar-refractivity contribution in [1.82, 2.24) is 0 Å². The topological polar surface area (TPSA) is 138 Å². The summed E-state index contributed by atoms with van der Waals surface area (Å²) in [5.74, 6) is -1.17. The van der Waals surface area contributed by atoms with Gasteiger partial charge in [0, 0.05) is 23.4 Å². The number of hydrogen-bond acceptors (Lipinski definition) is 8. The molecule has 164 valence electrons. The molecule has 1 aliphatic rings. The zero-order valence-electron chi connectivity index (χ0n) is 17.3. The molecule has 2 rings (SSSR count). The first kappa shape index (κ1) is 23.4. The van der Waals surface area contributed by atoms with Gasteiger partial charge >= 0.3 is 5.97 Å². The third kappa shape index (κ3) is 6.28. The SMILES string of the molecule is CC(C)Nc1cc(O[C@@H]2O[C@H](C(=O)O)[C@@H](O)[C@H](O)[C@H]2O)ccc1COC(C)(C)C. The average molecular weight is 413 g/mol. The molecule has 0 spiro atoms. The number of carboxylic acids is 1. The molecule has 9 nitrogen and oxygen atoms in total. The summed E-state index contributed by atoms with van der Waals surface area (Å²) < 4.78 is 16.6. The summed E-state index contributed by atoms with van der Waals surface area (Å²) in [6.07, 6.45) is -8.28. The van der Waals surface area contributed by atoms with Crippen LogP contribution in [-0.2, 0) is 20.9 Å². The fraction of sp³-hybridized carbons (Fsp3) is 0.650. The van der Waals surface area contributed by atoms with Crippen LogP contribution in [0, 0.1) is 0 Å². The van der Waals surface area contributed by atoms with Gasteiger partial charge in [-0.3, -0.25) is 0 Å². The molecule has 0 aliphatic carbocycles. The second-order valence-electron chi connectivity index (χ2n) is 8.37. The lowest BCUT2D eigenvalue weighted by Crippen LogP contribution is -2.61. The first-order valence-electron chi connectivity index (χ1n) is 9.51. The molecule has 1 fully saturated rings. The number of aliphatic hydroxyl groups is 3. The molecule has 1 saturated heterocycles. The van der Waals surface area contributed by atoms with Crippen LogP contribution in [0.1, 0.15) is 40.2 Å². The summed E-state index contributed by atoms with van der Waals surface area (Å²) in [6, 6.07) is 5.24. The van der Waals surface area contributed by atoms with Crippen molar-refractivity contribution < 1.29 is 39.4 Å². The Morgan fingerprint density at radius 1 is 1.17 bits per heavy atom. The summed E-state index contributed by atoms with van der Waals surface area (Å²) in [5, 5.41) is 42.3. The van der Waals surface area contributed by atoms with Crippen molar-refractivity contribution in [2.75, 3.05) is 5.32 Å².